The van der Waals surface area contributed by atoms with Gasteiger partial charge in [-0.15, -0.1) is 0 Å². The molecule has 0 bridgehead atoms. The van der Waals surface area contributed by atoms with E-state index in [0.29, 0.717) is 51.3 Å². The van der Waals surface area contributed by atoms with Crippen LogP contribution in [0.25, 0.3) is 11.0 Å². The molecule has 2 heterocycles. The Balaban J connectivity index is 1.72. The van der Waals surface area contributed by atoms with Crippen LogP contribution in [-0.4, -0.2) is 19.6 Å². The lowest BCUT2D eigenvalue weighted by atomic mass is 9.97. The van der Waals surface area contributed by atoms with Gasteiger partial charge >= 0.3 is 0 Å². The molecular weight excluding hydrogens is 490 g/mol. The summed E-state index contributed by atoms with van der Waals surface area (Å²) in [6.07, 6.45) is 0.874. The number of carbonyl (C=O) groups is 1. The van der Waals surface area contributed by atoms with E-state index >= 15 is 0 Å². The summed E-state index contributed by atoms with van der Waals surface area (Å²) < 4.78 is 17.6. The largest absolute Gasteiger partial charge is 0.493 e. The number of anilines is 1. The Hall–Kier alpha value is -3.77. The molecule has 1 aliphatic rings. The Kier molecular flexibility index (Phi) is 6.69. The first-order chi connectivity index (χ1) is 17.8. The third-order valence-corrected chi connectivity index (χ3v) is 6.77. The Morgan fingerprint density at radius 3 is 2.43 bits per heavy atom. The Labute approximate surface area is 220 Å². The Morgan fingerprint density at radius 2 is 1.76 bits per heavy atom. The Bertz CT molecular complexity index is 1540. The lowest BCUT2D eigenvalue weighted by molar-refractivity contribution is 0.0971. The van der Waals surface area contributed by atoms with Gasteiger partial charge in [-0.2, -0.15) is 0 Å². The maximum absolute atomic E-state index is 13.8. The average molecular weight is 518 g/mol. The van der Waals surface area contributed by atoms with E-state index < -0.39 is 6.04 Å². The van der Waals surface area contributed by atoms with Crippen molar-refractivity contribution < 1.29 is 18.7 Å². The highest BCUT2D eigenvalue weighted by Gasteiger charge is 2.44. The molecule has 0 spiro atoms. The maximum atomic E-state index is 13.8. The predicted molar refractivity (Wildman–Crippen MR) is 145 cm³/mol. The van der Waals surface area contributed by atoms with Gasteiger partial charge in [0.15, 0.2) is 16.9 Å². The number of carbonyl (C=O) groups excluding carboxylic acids is 1. The van der Waals surface area contributed by atoms with E-state index in [0.717, 1.165) is 12.0 Å². The van der Waals surface area contributed by atoms with Crippen molar-refractivity contribution in [2.45, 2.75) is 33.2 Å². The summed E-state index contributed by atoms with van der Waals surface area (Å²) in [5.41, 5.74) is 2.82. The van der Waals surface area contributed by atoms with Crippen molar-refractivity contribution in [2.75, 3.05) is 18.6 Å². The fourth-order valence-corrected chi connectivity index (χ4v) is 4.82. The number of benzene rings is 3. The highest BCUT2D eigenvalue weighted by Crippen LogP contribution is 2.43. The van der Waals surface area contributed by atoms with Crippen LogP contribution < -0.4 is 19.8 Å². The van der Waals surface area contributed by atoms with E-state index in [1.807, 2.05) is 42.5 Å². The highest BCUT2D eigenvalue weighted by atomic mass is 35.5. The highest BCUT2D eigenvalue weighted by molar-refractivity contribution is 6.31. The van der Waals surface area contributed by atoms with Crippen LogP contribution in [0.3, 0.4) is 0 Å². The molecular formula is C30H28ClNO5. The molecule has 7 heteroatoms. The molecule has 1 amide bonds. The van der Waals surface area contributed by atoms with Crippen LogP contribution in [0.2, 0.25) is 5.02 Å². The van der Waals surface area contributed by atoms with Gasteiger partial charge in [0.05, 0.1) is 30.7 Å². The van der Waals surface area contributed by atoms with Gasteiger partial charge in [0, 0.05) is 10.7 Å². The molecule has 37 heavy (non-hydrogen) atoms. The molecule has 1 aliphatic heterocycles. The summed E-state index contributed by atoms with van der Waals surface area (Å²) in [5.74, 6) is 1.12. The van der Waals surface area contributed by atoms with E-state index in [2.05, 4.69) is 20.8 Å². The number of rotatable bonds is 7. The number of hydrogen-bond acceptors (Lipinski definition) is 5. The van der Waals surface area contributed by atoms with E-state index in [1.54, 1.807) is 30.2 Å². The van der Waals surface area contributed by atoms with Crippen LogP contribution in [0.5, 0.6) is 11.5 Å². The zero-order valence-electron chi connectivity index (χ0n) is 21.2. The third-order valence-electron chi connectivity index (χ3n) is 6.53. The molecule has 1 aromatic heterocycles. The number of fused-ring (bicyclic) bond motifs is 2. The van der Waals surface area contributed by atoms with Gasteiger partial charge in [-0.1, -0.05) is 50.6 Å². The minimum Gasteiger partial charge on any atom is -0.493 e. The summed E-state index contributed by atoms with van der Waals surface area (Å²) in [6.45, 7) is 6.74. The second-order valence-electron chi connectivity index (χ2n) is 9.53. The first-order valence-electron chi connectivity index (χ1n) is 12.3. The molecule has 0 fully saturated rings. The van der Waals surface area contributed by atoms with Crippen LogP contribution >= 0.6 is 11.6 Å². The lowest BCUT2D eigenvalue weighted by Gasteiger charge is -2.26. The second kappa shape index (κ2) is 9.94. The molecule has 3 aromatic carbocycles. The van der Waals surface area contributed by atoms with Gasteiger partial charge in [-0.25, -0.2) is 0 Å². The fraction of sp³-hybridized carbons (Fsp3) is 0.267. The van der Waals surface area contributed by atoms with Gasteiger partial charge in [-0.05, 0) is 65.9 Å². The molecule has 0 saturated carbocycles. The standard InChI is InChI=1S/C30H28ClNO5/c1-5-18-6-10-21(11-7-18)32-27(19-8-12-24(25(14-19)35-4)36-16-17(2)3)26-28(33)22-15-20(31)9-13-23(22)37-29(26)30(32)34/h6-15,17,27H,5,16H2,1-4H3. The molecule has 0 aliphatic carbocycles. The van der Waals surface area contributed by atoms with Crippen LogP contribution in [0, 0.1) is 5.92 Å². The van der Waals surface area contributed by atoms with Crippen LogP contribution in [0.1, 0.15) is 54.1 Å². The lowest BCUT2D eigenvalue weighted by Crippen LogP contribution is -2.29. The normalized spacial score (nSPS) is 14.9. The van der Waals surface area contributed by atoms with Crippen LogP contribution in [0.15, 0.2) is 69.9 Å². The van der Waals surface area contributed by atoms with Gasteiger partial charge in [0.25, 0.3) is 5.91 Å². The number of hydrogen-bond donors (Lipinski definition) is 0. The third kappa shape index (κ3) is 4.46. The maximum Gasteiger partial charge on any atom is 0.295 e. The first kappa shape index (κ1) is 24.9. The quantitative estimate of drug-likeness (QED) is 0.269. The minimum absolute atomic E-state index is 0.0310. The topological polar surface area (TPSA) is 69.0 Å². The van der Waals surface area contributed by atoms with Crippen molar-refractivity contribution in [1.29, 1.82) is 0 Å². The number of amides is 1. The van der Waals surface area contributed by atoms with Gasteiger partial charge < -0.3 is 13.9 Å². The summed E-state index contributed by atoms with van der Waals surface area (Å²) in [6, 6.07) is 17.4. The molecule has 1 atom stereocenters. The van der Waals surface area contributed by atoms with E-state index in [1.165, 1.54) is 0 Å². The van der Waals surface area contributed by atoms with Crippen molar-refractivity contribution >= 4 is 34.2 Å². The number of ether oxygens (including phenoxy) is 2. The van der Waals surface area contributed by atoms with Crippen molar-refractivity contribution in [3.05, 3.63) is 98.4 Å². The average Bonchev–Trinajstić information content (AvgIpc) is 3.20. The molecule has 4 aromatic rings. The van der Waals surface area contributed by atoms with Gasteiger partial charge in [-0.3, -0.25) is 14.5 Å². The summed E-state index contributed by atoms with van der Waals surface area (Å²) in [5, 5.41) is 0.747. The number of nitrogens with zero attached hydrogens (tertiary/aromatic N) is 1. The second-order valence-corrected chi connectivity index (χ2v) is 9.96. The number of methoxy groups -OCH3 is 1. The zero-order valence-corrected chi connectivity index (χ0v) is 22.0. The molecule has 5 rings (SSSR count). The molecule has 0 N–H and O–H groups in total. The Morgan fingerprint density at radius 1 is 1.00 bits per heavy atom. The fourth-order valence-electron chi connectivity index (χ4n) is 4.65. The van der Waals surface area contributed by atoms with Crippen molar-refractivity contribution in [3.63, 3.8) is 0 Å². The zero-order chi connectivity index (χ0) is 26.3. The van der Waals surface area contributed by atoms with Crippen LogP contribution in [0.4, 0.5) is 5.69 Å². The van der Waals surface area contributed by atoms with E-state index in [-0.39, 0.29) is 22.7 Å². The number of aryl methyl sites for hydroxylation is 1. The SMILES string of the molecule is CCc1ccc(N2C(=O)c3oc4ccc(Cl)cc4c(=O)c3C2c2ccc(OCC(C)C)c(OC)c2)cc1. The smallest absolute Gasteiger partial charge is 0.295 e. The van der Waals surface area contributed by atoms with Crippen molar-refractivity contribution in [3.8, 4) is 11.5 Å². The van der Waals surface area contributed by atoms with Crippen molar-refractivity contribution in [2.24, 2.45) is 5.92 Å². The molecule has 0 radical (unpaired) electrons. The monoisotopic (exact) mass is 517 g/mol. The summed E-state index contributed by atoms with van der Waals surface area (Å²) in [4.78, 5) is 29.2. The minimum atomic E-state index is -0.720. The predicted octanol–water partition coefficient (Wildman–Crippen LogP) is 6.80. The van der Waals surface area contributed by atoms with E-state index in [9.17, 15) is 9.59 Å². The molecule has 190 valence electrons. The van der Waals surface area contributed by atoms with E-state index in [4.69, 9.17) is 25.5 Å². The van der Waals surface area contributed by atoms with Crippen LogP contribution in [-0.2, 0) is 6.42 Å². The van der Waals surface area contributed by atoms with Crippen molar-refractivity contribution in [1.82, 2.24) is 0 Å². The van der Waals surface area contributed by atoms with Gasteiger partial charge in [0.2, 0.25) is 5.76 Å². The first-order valence-corrected chi connectivity index (χ1v) is 12.7. The molecule has 6 nitrogen and oxygen atoms in total. The number of halogens is 1. The summed E-state index contributed by atoms with van der Waals surface area (Å²) in [7, 11) is 1.57. The molecule has 0 saturated heterocycles. The molecule has 1 unspecified atom stereocenters. The van der Waals surface area contributed by atoms with Gasteiger partial charge in [0.1, 0.15) is 5.58 Å². The summed E-state index contributed by atoms with van der Waals surface area (Å²) >= 11 is 6.20.